The van der Waals surface area contributed by atoms with E-state index >= 15 is 0 Å². The Balaban J connectivity index is 2.31. The van der Waals surface area contributed by atoms with Crippen LogP contribution in [0.3, 0.4) is 0 Å². The molecule has 5 nitrogen and oxygen atoms in total. The van der Waals surface area contributed by atoms with Crippen molar-refractivity contribution in [3.8, 4) is 17.6 Å². The van der Waals surface area contributed by atoms with Gasteiger partial charge >= 0.3 is 0 Å². The Labute approximate surface area is 173 Å². The Morgan fingerprint density at radius 3 is 2.70 bits per heavy atom. The van der Waals surface area contributed by atoms with E-state index in [4.69, 9.17) is 9.47 Å². The summed E-state index contributed by atoms with van der Waals surface area (Å²) in [6.07, 6.45) is 2.43. The first-order valence-electron chi connectivity index (χ1n) is 8.49. The summed E-state index contributed by atoms with van der Waals surface area (Å²) in [5.41, 5.74) is 2.31. The summed E-state index contributed by atoms with van der Waals surface area (Å²) in [7, 11) is 1.56. The van der Waals surface area contributed by atoms with Gasteiger partial charge in [0.2, 0.25) is 0 Å². The fourth-order valence-electron chi connectivity index (χ4n) is 2.39. The quantitative estimate of drug-likeness (QED) is 0.349. The fourth-order valence-corrected chi connectivity index (χ4v) is 3.17. The zero-order valence-corrected chi connectivity index (χ0v) is 17.7. The Bertz CT molecular complexity index is 901. The van der Waals surface area contributed by atoms with Crippen LogP contribution in [0.5, 0.6) is 11.5 Å². The number of anilines is 1. The molecule has 0 aromatic heterocycles. The zero-order chi connectivity index (χ0) is 19.8. The molecule has 0 spiro atoms. The van der Waals surface area contributed by atoms with Crippen molar-refractivity contribution < 1.29 is 14.3 Å². The van der Waals surface area contributed by atoms with Gasteiger partial charge in [-0.2, -0.15) is 5.26 Å². The van der Waals surface area contributed by atoms with E-state index in [0.29, 0.717) is 29.4 Å². The summed E-state index contributed by atoms with van der Waals surface area (Å²) in [4.78, 5) is 12.5. The highest BCUT2D eigenvalue weighted by Gasteiger charge is 2.14. The molecule has 0 radical (unpaired) electrons. The molecule has 6 heteroatoms. The maximum absolute atomic E-state index is 12.5. The monoisotopic (exact) mass is 476 g/mol. The van der Waals surface area contributed by atoms with Crippen molar-refractivity contribution in [1.82, 2.24) is 0 Å². The van der Waals surface area contributed by atoms with Crippen LogP contribution in [-0.2, 0) is 4.79 Å². The van der Waals surface area contributed by atoms with Gasteiger partial charge in [-0.05, 0) is 71.3 Å². The largest absolute Gasteiger partial charge is 0.493 e. The number of nitriles is 1. The first-order chi connectivity index (χ1) is 13.0. The van der Waals surface area contributed by atoms with Crippen LogP contribution in [0, 0.1) is 21.8 Å². The van der Waals surface area contributed by atoms with Gasteiger partial charge in [0.15, 0.2) is 11.5 Å². The molecular formula is C21H21IN2O3. The van der Waals surface area contributed by atoms with Crippen LogP contribution in [0.1, 0.15) is 24.5 Å². The molecule has 1 amide bonds. The Morgan fingerprint density at radius 1 is 1.33 bits per heavy atom. The van der Waals surface area contributed by atoms with E-state index in [0.717, 1.165) is 15.6 Å². The van der Waals surface area contributed by atoms with Gasteiger partial charge in [-0.1, -0.05) is 25.1 Å². The van der Waals surface area contributed by atoms with Gasteiger partial charge in [0.25, 0.3) is 5.91 Å². The summed E-state index contributed by atoms with van der Waals surface area (Å²) in [5.74, 6) is 0.783. The number of amides is 1. The second kappa shape index (κ2) is 9.97. The number of carbonyl (C=O) groups is 1. The minimum atomic E-state index is -0.452. The predicted octanol–water partition coefficient (Wildman–Crippen LogP) is 4.94. The third-order valence-corrected chi connectivity index (χ3v) is 4.57. The lowest BCUT2D eigenvalue weighted by Crippen LogP contribution is -2.14. The lowest BCUT2D eigenvalue weighted by molar-refractivity contribution is -0.112. The summed E-state index contributed by atoms with van der Waals surface area (Å²) < 4.78 is 12.0. The molecule has 2 aromatic carbocycles. The van der Waals surface area contributed by atoms with Crippen molar-refractivity contribution >= 4 is 40.3 Å². The number of rotatable bonds is 7. The van der Waals surface area contributed by atoms with Crippen LogP contribution in [-0.4, -0.2) is 19.6 Å². The molecule has 0 aliphatic heterocycles. The first kappa shape index (κ1) is 20.8. The number of aryl methyl sites for hydroxylation is 1. The van der Waals surface area contributed by atoms with E-state index < -0.39 is 5.91 Å². The van der Waals surface area contributed by atoms with Crippen LogP contribution in [0.15, 0.2) is 42.0 Å². The molecule has 140 valence electrons. The maximum Gasteiger partial charge on any atom is 0.266 e. The smallest absolute Gasteiger partial charge is 0.266 e. The molecule has 0 aliphatic carbocycles. The van der Waals surface area contributed by atoms with Crippen molar-refractivity contribution in [2.75, 3.05) is 19.0 Å². The molecule has 0 atom stereocenters. The molecule has 2 rings (SSSR count). The minimum absolute atomic E-state index is 0.0123. The van der Waals surface area contributed by atoms with E-state index in [1.165, 1.54) is 0 Å². The minimum Gasteiger partial charge on any atom is -0.493 e. The van der Waals surface area contributed by atoms with Gasteiger partial charge < -0.3 is 14.8 Å². The van der Waals surface area contributed by atoms with Crippen LogP contribution in [0.25, 0.3) is 6.08 Å². The van der Waals surface area contributed by atoms with Crippen molar-refractivity contribution in [3.63, 3.8) is 0 Å². The summed E-state index contributed by atoms with van der Waals surface area (Å²) in [6.45, 7) is 4.51. The predicted molar refractivity (Wildman–Crippen MR) is 115 cm³/mol. The van der Waals surface area contributed by atoms with Gasteiger partial charge in [0.1, 0.15) is 11.6 Å². The lowest BCUT2D eigenvalue weighted by atomic mass is 10.1. The normalized spacial score (nSPS) is 10.9. The highest BCUT2D eigenvalue weighted by atomic mass is 127. The molecule has 0 bridgehead atoms. The van der Waals surface area contributed by atoms with Crippen molar-refractivity contribution in [2.45, 2.75) is 20.3 Å². The highest BCUT2D eigenvalue weighted by Crippen LogP contribution is 2.34. The number of methoxy groups -OCH3 is 1. The van der Waals surface area contributed by atoms with Crippen molar-refractivity contribution in [1.29, 1.82) is 5.26 Å². The zero-order valence-electron chi connectivity index (χ0n) is 15.5. The number of nitrogens with zero attached hydrogens (tertiary/aromatic N) is 1. The van der Waals surface area contributed by atoms with Crippen molar-refractivity contribution in [2.24, 2.45) is 0 Å². The van der Waals surface area contributed by atoms with Crippen LogP contribution in [0.4, 0.5) is 5.69 Å². The third kappa shape index (κ3) is 5.47. The first-order valence-corrected chi connectivity index (χ1v) is 9.57. The van der Waals surface area contributed by atoms with Gasteiger partial charge in [0, 0.05) is 5.69 Å². The number of para-hydroxylation sites is 1. The molecule has 2 aromatic rings. The molecular weight excluding hydrogens is 455 g/mol. The lowest BCUT2D eigenvalue weighted by Gasteiger charge is -2.13. The van der Waals surface area contributed by atoms with E-state index in [-0.39, 0.29) is 5.57 Å². The second-order valence-electron chi connectivity index (χ2n) is 5.82. The number of halogens is 1. The summed E-state index contributed by atoms with van der Waals surface area (Å²) >= 11 is 2.16. The van der Waals surface area contributed by atoms with E-state index in [2.05, 4.69) is 27.9 Å². The SMILES string of the molecule is CCCOc1c(I)cc(/C=C(/C#N)C(=O)Nc2ccccc2C)cc1OC. The van der Waals surface area contributed by atoms with Crippen LogP contribution >= 0.6 is 22.6 Å². The third-order valence-electron chi connectivity index (χ3n) is 3.77. The average Bonchev–Trinajstić information content (AvgIpc) is 2.66. The van der Waals surface area contributed by atoms with Gasteiger partial charge in [-0.25, -0.2) is 0 Å². The second-order valence-corrected chi connectivity index (χ2v) is 6.98. The molecule has 0 aliphatic rings. The fraction of sp³-hybridized carbons (Fsp3) is 0.238. The van der Waals surface area contributed by atoms with Crippen molar-refractivity contribution in [3.05, 3.63) is 56.7 Å². The molecule has 0 saturated heterocycles. The number of benzene rings is 2. The van der Waals surface area contributed by atoms with E-state index in [9.17, 15) is 10.1 Å². The maximum atomic E-state index is 12.5. The van der Waals surface area contributed by atoms with Crippen LogP contribution < -0.4 is 14.8 Å². The molecule has 0 saturated carbocycles. The number of carbonyl (C=O) groups excluding carboxylic acids is 1. The number of hydrogen-bond donors (Lipinski definition) is 1. The van der Waals surface area contributed by atoms with E-state index in [1.807, 2.05) is 44.2 Å². The summed E-state index contributed by atoms with van der Waals surface area (Å²) in [6, 6.07) is 13.0. The molecule has 1 N–H and O–H groups in total. The Kier molecular flexibility index (Phi) is 7.67. The molecule has 0 unspecified atom stereocenters. The van der Waals surface area contributed by atoms with Gasteiger partial charge in [0.05, 0.1) is 17.3 Å². The average molecular weight is 476 g/mol. The van der Waals surface area contributed by atoms with Gasteiger partial charge in [-0.15, -0.1) is 0 Å². The molecule has 0 heterocycles. The number of hydrogen-bond acceptors (Lipinski definition) is 4. The van der Waals surface area contributed by atoms with E-state index in [1.54, 1.807) is 25.3 Å². The molecule has 0 fully saturated rings. The molecule has 27 heavy (non-hydrogen) atoms. The standard InChI is InChI=1S/C21H21IN2O3/c1-4-9-27-20-17(22)11-15(12-19(20)26-3)10-16(13-23)21(25)24-18-8-6-5-7-14(18)2/h5-8,10-12H,4,9H2,1-3H3,(H,24,25)/b16-10-. The summed E-state index contributed by atoms with van der Waals surface area (Å²) in [5, 5.41) is 12.2. The Morgan fingerprint density at radius 2 is 2.07 bits per heavy atom. The highest BCUT2D eigenvalue weighted by molar-refractivity contribution is 14.1. The number of nitrogens with one attached hydrogen (secondary N) is 1. The number of ether oxygens (including phenoxy) is 2. The topological polar surface area (TPSA) is 71.3 Å². The Hall–Kier alpha value is -2.53. The van der Waals surface area contributed by atoms with Gasteiger partial charge in [-0.3, -0.25) is 4.79 Å². The van der Waals surface area contributed by atoms with Crippen LogP contribution in [0.2, 0.25) is 0 Å².